The first-order valence-electron chi connectivity index (χ1n) is 7.55. The quantitative estimate of drug-likeness (QED) is 0.600. The molecule has 2 heterocycles. The lowest BCUT2D eigenvalue weighted by Gasteiger charge is -2.12. The van der Waals surface area contributed by atoms with Gasteiger partial charge in [0.1, 0.15) is 11.5 Å². The lowest BCUT2D eigenvalue weighted by molar-refractivity contribution is 0.355. The number of nitrogens with one attached hydrogen (secondary N) is 1. The van der Waals surface area contributed by atoms with Gasteiger partial charge in [-0.05, 0) is 30.3 Å². The van der Waals surface area contributed by atoms with Gasteiger partial charge in [-0.3, -0.25) is 4.98 Å². The van der Waals surface area contributed by atoms with Gasteiger partial charge in [-0.2, -0.15) is 0 Å². The molecule has 0 saturated carbocycles. The van der Waals surface area contributed by atoms with Crippen LogP contribution in [0.2, 0.25) is 0 Å². The zero-order chi connectivity index (χ0) is 16.5. The van der Waals surface area contributed by atoms with Gasteiger partial charge in [-0.25, -0.2) is 0 Å². The highest BCUT2D eigenvalue weighted by Crippen LogP contribution is 2.38. The SMILES string of the molecule is COc1cc2nccc(Oc3cccc4[nH]ccc34)c2cc1OC. The summed E-state index contributed by atoms with van der Waals surface area (Å²) in [5.74, 6) is 2.79. The molecule has 2 aromatic carbocycles. The summed E-state index contributed by atoms with van der Waals surface area (Å²) in [6, 6.07) is 13.5. The molecule has 0 radical (unpaired) electrons. The number of hydrogen-bond acceptors (Lipinski definition) is 4. The standard InChI is InChI=1S/C19H16N2O3/c1-22-18-10-13-15(11-19(18)23-2)21-9-7-17(13)24-16-5-3-4-14-12(16)6-8-20-14/h3-11,20H,1-2H3. The molecule has 0 aliphatic rings. The second-order valence-electron chi connectivity index (χ2n) is 5.33. The Balaban J connectivity index is 1.86. The minimum Gasteiger partial charge on any atom is -0.493 e. The molecule has 0 atom stereocenters. The fraction of sp³-hybridized carbons (Fsp3) is 0.105. The van der Waals surface area contributed by atoms with Crippen LogP contribution in [-0.4, -0.2) is 24.2 Å². The smallest absolute Gasteiger partial charge is 0.162 e. The Morgan fingerprint density at radius 2 is 1.62 bits per heavy atom. The Hall–Kier alpha value is -3.21. The highest BCUT2D eigenvalue weighted by atomic mass is 16.5. The van der Waals surface area contributed by atoms with Gasteiger partial charge in [-0.15, -0.1) is 0 Å². The molecule has 4 aromatic rings. The number of hydrogen-bond donors (Lipinski definition) is 1. The molecule has 5 nitrogen and oxygen atoms in total. The average Bonchev–Trinajstić information content (AvgIpc) is 3.10. The van der Waals surface area contributed by atoms with Crippen LogP contribution in [0.1, 0.15) is 0 Å². The van der Waals surface area contributed by atoms with E-state index < -0.39 is 0 Å². The van der Waals surface area contributed by atoms with E-state index in [1.54, 1.807) is 20.4 Å². The zero-order valence-electron chi connectivity index (χ0n) is 13.4. The number of nitrogens with zero attached hydrogens (tertiary/aromatic N) is 1. The number of H-pyrrole nitrogens is 1. The fourth-order valence-electron chi connectivity index (χ4n) is 2.80. The van der Waals surface area contributed by atoms with Crippen LogP contribution in [0.5, 0.6) is 23.0 Å². The predicted molar refractivity (Wildman–Crippen MR) is 93.2 cm³/mol. The maximum absolute atomic E-state index is 6.18. The number of pyridine rings is 1. The van der Waals surface area contributed by atoms with Crippen LogP contribution < -0.4 is 14.2 Å². The first-order chi connectivity index (χ1) is 11.8. The van der Waals surface area contributed by atoms with Crippen LogP contribution in [0.3, 0.4) is 0 Å². The van der Waals surface area contributed by atoms with Crippen molar-refractivity contribution in [3.8, 4) is 23.0 Å². The second-order valence-corrected chi connectivity index (χ2v) is 5.33. The van der Waals surface area contributed by atoms with Crippen LogP contribution in [0, 0.1) is 0 Å². The third kappa shape index (κ3) is 2.31. The molecule has 0 saturated heterocycles. The number of rotatable bonds is 4. The Morgan fingerprint density at radius 3 is 2.46 bits per heavy atom. The van der Waals surface area contributed by atoms with Crippen molar-refractivity contribution in [3.63, 3.8) is 0 Å². The molecule has 120 valence electrons. The van der Waals surface area contributed by atoms with Crippen molar-refractivity contribution in [1.29, 1.82) is 0 Å². The average molecular weight is 320 g/mol. The molecule has 0 unspecified atom stereocenters. The fourth-order valence-corrected chi connectivity index (χ4v) is 2.80. The molecule has 4 rings (SSSR count). The molecule has 5 heteroatoms. The molecule has 1 N–H and O–H groups in total. The van der Waals surface area contributed by atoms with E-state index in [2.05, 4.69) is 9.97 Å². The predicted octanol–water partition coefficient (Wildman–Crippen LogP) is 4.53. The van der Waals surface area contributed by atoms with Gasteiger partial charge in [0.05, 0.1) is 19.7 Å². The summed E-state index contributed by atoms with van der Waals surface area (Å²) >= 11 is 0. The molecule has 0 aliphatic heterocycles. The van der Waals surface area contributed by atoms with Gasteiger partial charge < -0.3 is 19.2 Å². The Morgan fingerprint density at radius 1 is 0.833 bits per heavy atom. The van der Waals surface area contributed by atoms with Gasteiger partial charge in [0.25, 0.3) is 0 Å². The first kappa shape index (κ1) is 14.4. The Labute approximate surface area is 138 Å². The molecule has 0 spiro atoms. The largest absolute Gasteiger partial charge is 0.493 e. The van der Waals surface area contributed by atoms with Gasteiger partial charge >= 0.3 is 0 Å². The van der Waals surface area contributed by atoms with Crippen LogP contribution in [0.25, 0.3) is 21.8 Å². The molecular weight excluding hydrogens is 304 g/mol. The normalized spacial score (nSPS) is 10.9. The monoisotopic (exact) mass is 320 g/mol. The van der Waals surface area contributed by atoms with E-state index in [0.29, 0.717) is 11.5 Å². The minimum absolute atomic E-state index is 0.641. The molecule has 2 aromatic heterocycles. The maximum atomic E-state index is 6.18. The van der Waals surface area contributed by atoms with Gasteiger partial charge in [0.15, 0.2) is 11.5 Å². The van der Waals surface area contributed by atoms with Crippen molar-refractivity contribution in [2.45, 2.75) is 0 Å². The third-order valence-electron chi connectivity index (χ3n) is 3.98. The van der Waals surface area contributed by atoms with Crippen molar-refractivity contribution in [1.82, 2.24) is 9.97 Å². The van der Waals surface area contributed by atoms with Crippen molar-refractivity contribution < 1.29 is 14.2 Å². The third-order valence-corrected chi connectivity index (χ3v) is 3.98. The highest BCUT2D eigenvalue weighted by Gasteiger charge is 2.12. The van der Waals surface area contributed by atoms with E-state index >= 15 is 0 Å². The lowest BCUT2D eigenvalue weighted by atomic mass is 10.1. The Kier molecular flexibility index (Phi) is 3.46. The summed E-state index contributed by atoms with van der Waals surface area (Å²) in [4.78, 5) is 7.59. The van der Waals surface area contributed by atoms with E-state index in [1.807, 2.05) is 48.7 Å². The summed E-state index contributed by atoms with van der Waals surface area (Å²) in [5.41, 5.74) is 1.82. The van der Waals surface area contributed by atoms with Crippen molar-refractivity contribution in [2.24, 2.45) is 0 Å². The topological polar surface area (TPSA) is 56.4 Å². The number of ether oxygens (including phenoxy) is 3. The first-order valence-corrected chi connectivity index (χ1v) is 7.55. The molecule has 0 fully saturated rings. The summed E-state index contributed by atoms with van der Waals surface area (Å²) in [6.45, 7) is 0. The zero-order valence-corrected chi connectivity index (χ0v) is 13.4. The summed E-state index contributed by atoms with van der Waals surface area (Å²) in [5, 5.41) is 1.89. The lowest BCUT2D eigenvalue weighted by Crippen LogP contribution is -1.93. The van der Waals surface area contributed by atoms with Gasteiger partial charge in [0.2, 0.25) is 0 Å². The van der Waals surface area contributed by atoms with Crippen LogP contribution in [0.4, 0.5) is 0 Å². The number of aromatic nitrogens is 2. The number of fused-ring (bicyclic) bond motifs is 2. The molecular formula is C19H16N2O3. The summed E-state index contributed by atoms with van der Waals surface area (Å²) in [6.07, 6.45) is 3.62. The van der Waals surface area contributed by atoms with E-state index in [1.165, 1.54) is 0 Å². The van der Waals surface area contributed by atoms with Gasteiger partial charge in [-0.1, -0.05) is 6.07 Å². The van der Waals surface area contributed by atoms with Gasteiger partial charge in [0, 0.05) is 34.7 Å². The minimum atomic E-state index is 0.641. The van der Waals surface area contributed by atoms with Crippen molar-refractivity contribution in [2.75, 3.05) is 14.2 Å². The summed E-state index contributed by atoms with van der Waals surface area (Å²) in [7, 11) is 3.22. The van der Waals surface area contributed by atoms with E-state index in [0.717, 1.165) is 33.3 Å². The maximum Gasteiger partial charge on any atom is 0.162 e. The molecule has 0 aliphatic carbocycles. The molecule has 0 bridgehead atoms. The highest BCUT2D eigenvalue weighted by molar-refractivity contribution is 5.90. The number of benzene rings is 2. The number of aromatic amines is 1. The van der Waals surface area contributed by atoms with Crippen LogP contribution in [-0.2, 0) is 0 Å². The van der Waals surface area contributed by atoms with Crippen molar-refractivity contribution in [3.05, 3.63) is 54.9 Å². The molecule has 24 heavy (non-hydrogen) atoms. The second kappa shape index (κ2) is 5.77. The van der Waals surface area contributed by atoms with E-state index in [4.69, 9.17) is 14.2 Å². The van der Waals surface area contributed by atoms with Crippen LogP contribution in [0.15, 0.2) is 54.9 Å². The Bertz CT molecular complexity index is 1020. The van der Waals surface area contributed by atoms with E-state index in [9.17, 15) is 0 Å². The van der Waals surface area contributed by atoms with Crippen LogP contribution >= 0.6 is 0 Å². The number of methoxy groups -OCH3 is 2. The van der Waals surface area contributed by atoms with E-state index in [-0.39, 0.29) is 0 Å². The van der Waals surface area contributed by atoms with Crippen molar-refractivity contribution >= 4 is 21.8 Å². The summed E-state index contributed by atoms with van der Waals surface area (Å²) < 4.78 is 16.9. The molecule has 0 amide bonds.